The van der Waals surface area contributed by atoms with Gasteiger partial charge in [-0.2, -0.15) is 0 Å². The van der Waals surface area contributed by atoms with Crippen LogP contribution in [0.4, 0.5) is 0 Å². The second kappa shape index (κ2) is 7.11. The second-order valence-corrected chi connectivity index (χ2v) is 6.15. The van der Waals surface area contributed by atoms with Crippen molar-refractivity contribution in [1.82, 2.24) is 19.0 Å². The predicted molar refractivity (Wildman–Crippen MR) is 90.1 cm³/mol. The Kier molecular flexibility index (Phi) is 4.92. The number of morpholine rings is 1. The molecule has 0 bridgehead atoms. The average molecular weight is 330 g/mol. The summed E-state index contributed by atoms with van der Waals surface area (Å²) in [7, 11) is 1.63. The third-order valence-corrected chi connectivity index (χ3v) is 4.12. The van der Waals surface area contributed by atoms with Crippen LogP contribution in [0.15, 0.2) is 34.0 Å². The number of hydrogen-bond acceptors (Lipinski definition) is 5. The molecule has 0 saturated carbocycles. The number of rotatable bonds is 4. The lowest BCUT2D eigenvalue weighted by Gasteiger charge is -2.26. The van der Waals surface area contributed by atoms with Gasteiger partial charge in [0.2, 0.25) is 0 Å². The van der Waals surface area contributed by atoms with Crippen molar-refractivity contribution in [2.75, 3.05) is 26.3 Å². The van der Waals surface area contributed by atoms with E-state index in [0.717, 1.165) is 49.8 Å². The molecule has 1 aliphatic heterocycles. The van der Waals surface area contributed by atoms with Gasteiger partial charge in [0, 0.05) is 38.9 Å². The van der Waals surface area contributed by atoms with Crippen LogP contribution in [0, 0.1) is 6.92 Å². The average Bonchev–Trinajstić information content (AvgIpc) is 2.56. The molecule has 2 aromatic heterocycles. The van der Waals surface area contributed by atoms with Gasteiger partial charge in [-0.15, -0.1) is 0 Å². The molecule has 1 aliphatic rings. The Bertz CT molecular complexity index is 834. The Hall–Kier alpha value is -2.25. The van der Waals surface area contributed by atoms with Gasteiger partial charge in [-0.25, -0.2) is 4.79 Å². The topological polar surface area (TPSA) is 69.4 Å². The van der Waals surface area contributed by atoms with Crippen molar-refractivity contribution >= 4 is 0 Å². The number of pyridine rings is 1. The van der Waals surface area contributed by atoms with E-state index in [9.17, 15) is 9.59 Å². The third-order valence-electron chi connectivity index (χ3n) is 4.12. The highest BCUT2D eigenvalue weighted by Crippen LogP contribution is 2.10. The predicted octanol–water partition coefficient (Wildman–Crippen LogP) is 0.131. The first-order valence-corrected chi connectivity index (χ1v) is 8.06. The molecule has 7 heteroatoms. The minimum absolute atomic E-state index is 0.185. The fourth-order valence-electron chi connectivity index (χ4n) is 2.89. The maximum atomic E-state index is 12.2. The van der Waals surface area contributed by atoms with E-state index >= 15 is 0 Å². The zero-order valence-corrected chi connectivity index (χ0v) is 14.1. The Labute approximate surface area is 140 Å². The van der Waals surface area contributed by atoms with Gasteiger partial charge in [0.1, 0.15) is 0 Å². The van der Waals surface area contributed by atoms with E-state index < -0.39 is 0 Å². The SMILES string of the molecule is Cc1cc(CN2CCOCC2)nc(Cn2c(=O)ccn(C)c2=O)c1. The van der Waals surface area contributed by atoms with E-state index in [1.807, 2.05) is 19.1 Å². The van der Waals surface area contributed by atoms with Crippen molar-refractivity contribution in [2.24, 2.45) is 7.05 Å². The summed E-state index contributed by atoms with van der Waals surface area (Å²) in [6.45, 7) is 6.21. The maximum Gasteiger partial charge on any atom is 0.331 e. The van der Waals surface area contributed by atoms with Crippen LogP contribution in [-0.4, -0.2) is 45.3 Å². The van der Waals surface area contributed by atoms with Gasteiger partial charge in [-0.3, -0.25) is 19.2 Å². The number of nitrogens with zero attached hydrogens (tertiary/aromatic N) is 4. The van der Waals surface area contributed by atoms with Crippen LogP contribution in [0.5, 0.6) is 0 Å². The highest BCUT2D eigenvalue weighted by molar-refractivity contribution is 5.20. The van der Waals surface area contributed by atoms with E-state index in [4.69, 9.17) is 4.74 Å². The standard InChI is InChI=1S/C17H22N4O3/c1-13-9-14(11-20-5-7-24-8-6-20)18-15(10-13)12-21-16(22)3-4-19(2)17(21)23/h3-4,9-10H,5-8,11-12H2,1-2H3. The minimum atomic E-state index is -0.333. The van der Waals surface area contributed by atoms with Gasteiger partial charge in [0.25, 0.3) is 5.56 Å². The zero-order chi connectivity index (χ0) is 17.1. The van der Waals surface area contributed by atoms with E-state index in [2.05, 4.69) is 9.88 Å². The molecule has 0 spiro atoms. The molecule has 0 aliphatic carbocycles. The van der Waals surface area contributed by atoms with Gasteiger partial charge in [0.15, 0.2) is 0 Å². The lowest BCUT2D eigenvalue weighted by Crippen LogP contribution is -2.38. The first-order valence-electron chi connectivity index (χ1n) is 8.06. The van der Waals surface area contributed by atoms with Gasteiger partial charge >= 0.3 is 5.69 Å². The molecule has 1 saturated heterocycles. The van der Waals surface area contributed by atoms with Gasteiger partial charge in [0.05, 0.1) is 31.1 Å². The number of aromatic nitrogens is 3. The zero-order valence-electron chi connectivity index (χ0n) is 14.1. The molecule has 1 fully saturated rings. The summed E-state index contributed by atoms with van der Waals surface area (Å²) in [5.41, 5.74) is 2.11. The van der Waals surface area contributed by atoms with Crippen LogP contribution in [0.2, 0.25) is 0 Å². The normalized spacial score (nSPS) is 15.6. The molecule has 3 heterocycles. The molecular formula is C17H22N4O3. The van der Waals surface area contributed by atoms with E-state index in [1.165, 1.54) is 21.4 Å². The summed E-state index contributed by atoms with van der Waals surface area (Å²) in [5.74, 6) is 0. The van der Waals surface area contributed by atoms with Crippen LogP contribution in [0.25, 0.3) is 0 Å². The van der Waals surface area contributed by atoms with Crippen molar-refractivity contribution in [3.63, 3.8) is 0 Å². The molecule has 128 valence electrons. The summed E-state index contributed by atoms with van der Waals surface area (Å²) in [6, 6.07) is 5.36. The Morgan fingerprint density at radius 2 is 1.79 bits per heavy atom. The summed E-state index contributed by atoms with van der Waals surface area (Å²) >= 11 is 0. The Morgan fingerprint density at radius 1 is 1.12 bits per heavy atom. The smallest absolute Gasteiger partial charge is 0.331 e. The largest absolute Gasteiger partial charge is 0.379 e. The molecule has 0 unspecified atom stereocenters. The molecule has 0 atom stereocenters. The van der Waals surface area contributed by atoms with Crippen molar-refractivity contribution < 1.29 is 4.74 Å². The lowest BCUT2D eigenvalue weighted by molar-refractivity contribution is 0.0336. The third kappa shape index (κ3) is 3.80. The summed E-state index contributed by atoms with van der Waals surface area (Å²) in [5, 5.41) is 0. The molecule has 0 aromatic carbocycles. The molecule has 0 radical (unpaired) electrons. The van der Waals surface area contributed by atoms with Gasteiger partial charge in [-0.1, -0.05) is 0 Å². The van der Waals surface area contributed by atoms with Crippen LogP contribution in [0.3, 0.4) is 0 Å². The van der Waals surface area contributed by atoms with Crippen molar-refractivity contribution in [3.05, 3.63) is 62.2 Å². The second-order valence-electron chi connectivity index (χ2n) is 6.15. The quantitative estimate of drug-likeness (QED) is 0.797. The summed E-state index contributed by atoms with van der Waals surface area (Å²) < 4.78 is 7.97. The molecule has 24 heavy (non-hydrogen) atoms. The van der Waals surface area contributed by atoms with E-state index in [0.29, 0.717) is 0 Å². The molecular weight excluding hydrogens is 308 g/mol. The number of ether oxygens (including phenoxy) is 1. The highest BCUT2D eigenvalue weighted by atomic mass is 16.5. The van der Waals surface area contributed by atoms with Crippen molar-refractivity contribution in [3.8, 4) is 0 Å². The molecule has 7 nitrogen and oxygen atoms in total. The maximum absolute atomic E-state index is 12.2. The first-order chi connectivity index (χ1) is 11.5. The molecule has 0 N–H and O–H groups in total. The lowest BCUT2D eigenvalue weighted by atomic mass is 10.2. The van der Waals surface area contributed by atoms with Crippen LogP contribution in [0.1, 0.15) is 17.0 Å². The minimum Gasteiger partial charge on any atom is -0.379 e. The van der Waals surface area contributed by atoms with Crippen LogP contribution >= 0.6 is 0 Å². The van der Waals surface area contributed by atoms with Crippen molar-refractivity contribution in [2.45, 2.75) is 20.0 Å². The Morgan fingerprint density at radius 3 is 2.50 bits per heavy atom. The first kappa shape index (κ1) is 16.6. The van der Waals surface area contributed by atoms with Gasteiger partial charge in [-0.05, 0) is 24.6 Å². The monoisotopic (exact) mass is 330 g/mol. The van der Waals surface area contributed by atoms with Crippen LogP contribution in [-0.2, 0) is 24.9 Å². The van der Waals surface area contributed by atoms with E-state index in [1.54, 1.807) is 7.05 Å². The molecule has 0 amide bonds. The molecule has 3 rings (SSSR count). The highest BCUT2D eigenvalue weighted by Gasteiger charge is 2.13. The van der Waals surface area contributed by atoms with E-state index in [-0.39, 0.29) is 17.8 Å². The van der Waals surface area contributed by atoms with Crippen LogP contribution < -0.4 is 11.2 Å². The Balaban J connectivity index is 1.85. The van der Waals surface area contributed by atoms with Gasteiger partial charge < -0.3 is 9.30 Å². The fraction of sp³-hybridized carbons (Fsp3) is 0.471. The summed E-state index contributed by atoms with van der Waals surface area (Å²) in [6.07, 6.45) is 1.48. The fourth-order valence-corrected chi connectivity index (χ4v) is 2.89. The summed E-state index contributed by atoms with van der Waals surface area (Å²) in [4.78, 5) is 31.1. The number of hydrogen-bond donors (Lipinski definition) is 0. The van der Waals surface area contributed by atoms with Crippen molar-refractivity contribution in [1.29, 1.82) is 0 Å². The number of aryl methyl sites for hydroxylation is 2. The molecule has 2 aromatic rings.